The summed E-state index contributed by atoms with van der Waals surface area (Å²) in [5.41, 5.74) is 1.32. The van der Waals surface area contributed by atoms with Crippen molar-refractivity contribution in [2.75, 3.05) is 19.8 Å². The van der Waals surface area contributed by atoms with Gasteiger partial charge in [0.1, 0.15) is 0 Å². The van der Waals surface area contributed by atoms with E-state index in [-0.39, 0.29) is 0 Å². The van der Waals surface area contributed by atoms with Crippen LogP contribution in [-0.2, 0) is 4.74 Å². The van der Waals surface area contributed by atoms with Gasteiger partial charge in [0.15, 0.2) is 0 Å². The first-order chi connectivity index (χ1) is 7.93. The average Bonchev–Trinajstić information content (AvgIpc) is 2.39. The molecule has 1 aliphatic heterocycles. The van der Waals surface area contributed by atoms with Crippen LogP contribution in [-0.4, -0.2) is 19.8 Å². The van der Waals surface area contributed by atoms with E-state index >= 15 is 0 Å². The van der Waals surface area contributed by atoms with E-state index in [2.05, 4.69) is 47.8 Å². The Bertz CT molecular complexity index is 489. The number of hydrogen-bond acceptors (Lipinski definition) is 2. The summed E-state index contributed by atoms with van der Waals surface area (Å²) in [6, 6.07) is 15.4. The SMILES string of the molecule is c1ccc2cc([C@H]3COCCN3)ccc2c1. The maximum Gasteiger partial charge on any atom is 0.0662 e. The fourth-order valence-corrected chi connectivity index (χ4v) is 2.20. The molecule has 2 nitrogen and oxygen atoms in total. The molecule has 16 heavy (non-hydrogen) atoms. The second-order valence-corrected chi connectivity index (χ2v) is 4.19. The Morgan fingerprint density at radius 3 is 2.75 bits per heavy atom. The summed E-state index contributed by atoms with van der Waals surface area (Å²) in [5.74, 6) is 0. The second-order valence-electron chi connectivity index (χ2n) is 4.19. The first-order valence-corrected chi connectivity index (χ1v) is 5.73. The van der Waals surface area contributed by atoms with Crippen LogP contribution in [0.5, 0.6) is 0 Å². The molecular weight excluding hydrogens is 198 g/mol. The molecule has 1 saturated heterocycles. The molecule has 1 fully saturated rings. The van der Waals surface area contributed by atoms with Gasteiger partial charge in [-0.25, -0.2) is 0 Å². The minimum absolute atomic E-state index is 0.346. The molecular formula is C14H15NO. The summed E-state index contributed by atoms with van der Waals surface area (Å²) in [6.45, 7) is 2.54. The number of benzene rings is 2. The molecule has 0 aromatic heterocycles. The Hall–Kier alpha value is -1.38. The molecule has 2 aromatic rings. The number of nitrogens with one attached hydrogen (secondary N) is 1. The van der Waals surface area contributed by atoms with E-state index in [9.17, 15) is 0 Å². The largest absolute Gasteiger partial charge is 0.378 e. The minimum Gasteiger partial charge on any atom is -0.378 e. The molecule has 1 heterocycles. The van der Waals surface area contributed by atoms with Gasteiger partial charge in [-0.2, -0.15) is 0 Å². The molecule has 82 valence electrons. The Kier molecular flexibility index (Phi) is 2.60. The zero-order valence-corrected chi connectivity index (χ0v) is 9.15. The van der Waals surface area contributed by atoms with Gasteiger partial charge in [-0.3, -0.25) is 0 Å². The highest BCUT2D eigenvalue weighted by Crippen LogP contribution is 2.21. The predicted molar refractivity (Wildman–Crippen MR) is 65.5 cm³/mol. The molecule has 0 bridgehead atoms. The summed E-state index contributed by atoms with van der Waals surface area (Å²) >= 11 is 0. The summed E-state index contributed by atoms with van der Waals surface area (Å²) in [6.07, 6.45) is 0. The smallest absolute Gasteiger partial charge is 0.0662 e. The normalized spacial score (nSPS) is 21.1. The first-order valence-electron chi connectivity index (χ1n) is 5.73. The summed E-state index contributed by atoms with van der Waals surface area (Å²) in [5, 5.41) is 6.07. The van der Waals surface area contributed by atoms with Crippen molar-refractivity contribution < 1.29 is 4.74 Å². The summed E-state index contributed by atoms with van der Waals surface area (Å²) in [7, 11) is 0. The van der Waals surface area contributed by atoms with Crippen molar-refractivity contribution in [1.82, 2.24) is 5.32 Å². The summed E-state index contributed by atoms with van der Waals surface area (Å²) < 4.78 is 5.49. The molecule has 0 unspecified atom stereocenters. The topological polar surface area (TPSA) is 21.3 Å². The maximum atomic E-state index is 5.49. The van der Waals surface area contributed by atoms with Crippen molar-refractivity contribution in [3.05, 3.63) is 48.0 Å². The second kappa shape index (κ2) is 4.24. The highest BCUT2D eigenvalue weighted by molar-refractivity contribution is 5.83. The van der Waals surface area contributed by atoms with Crippen LogP contribution in [0, 0.1) is 0 Å². The number of morpholine rings is 1. The van der Waals surface area contributed by atoms with Gasteiger partial charge in [0.05, 0.1) is 19.3 Å². The average molecular weight is 213 g/mol. The highest BCUT2D eigenvalue weighted by Gasteiger charge is 2.14. The van der Waals surface area contributed by atoms with Gasteiger partial charge in [-0.1, -0.05) is 36.4 Å². The van der Waals surface area contributed by atoms with Crippen LogP contribution in [0.1, 0.15) is 11.6 Å². The molecule has 1 atom stereocenters. The lowest BCUT2D eigenvalue weighted by Crippen LogP contribution is -2.34. The quantitative estimate of drug-likeness (QED) is 0.786. The Morgan fingerprint density at radius 1 is 1.06 bits per heavy atom. The van der Waals surface area contributed by atoms with E-state index in [0.717, 1.165) is 19.8 Å². The van der Waals surface area contributed by atoms with Gasteiger partial charge in [-0.15, -0.1) is 0 Å². The Morgan fingerprint density at radius 2 is 1.94 bits per heavy atom. The third-order valence-corrected chi connectivity index (χ3v) is 3.10. The monoisotopic (exact) mass is 213 g/mol. The van der Waals surface area contributed by atoms with Crippen molar-refractivity contribution in [3.8, 4) is 0 Å². The fraction of sp³-hybridized carbons (Fsp3) is 0.286. The molecule has 2 aromatic carbocycles. The highest BCUT2D eigenvalue weighted by atomic mass is 16.5. The van der Waals surface area contributed by atoms with E-state index in [1.807, 2.05) is 0 Å². The molecule has 0 radical (unpaired) electrons. The molecule has 1 aliphatic rings. The molecule has 0 amide bonds. The van der Waals surface area contributed by atoms with Gasteiger partial charge in [-0.05, 0) is 22.4 Å². The number of fused-ring (bicyclic) bond motifs is 1. The number of ether oxygens (including phenoxy) is 1. The van der Waals surface area contributed by atoms with E-state index in [4.69, 9.17) is 4.74 Å². The predicted octanol–water partition coefficient (Wildman–Crippen LogP) is 2.50. The van der Waals surface area contributed by atoms with Gasteiger partial charge in [0.2, 0.25) is 0 Å². The van der Waals surface area contributed by atoms with Crippen LogP contribution in [0.4, 0.5) is 0 Å². The van der Waals surface area contributed by atoms with Crippen molar-refractivity contribution in [2.24, 2.45) is 0 Å². The van der Waals surface area contributed by atoms with E-state index in [0.29, 0.717) is 6.04 Å². The third kappa shape index (κ3) is 1.82. The van der Waals surface area contributed by atoms with Gasteiger partial charge in [0, 0.05) is 6.54 Å². The van der Waals surface area contributed by atoms with E-state index in [1.165, 1.54) is 16.3 Å². The first kappa shape index (κ1) is 9.82. The molecule has 1 N–H and O–H groups in total. The molecule has 0 spiro atoms. The fourth-order valence-electron chi connectivity index (χ4n) is 2.20. The lowest BCUT2D eigenvalue weighted by Gasteiger charge is -2.24. The third-order valence-electron chi connectivity index (χ3n) is 3.10. The van der Waals surface area contributed by atoms with Crippen LogP contribution in [0.25, 0.3) is 10.8 Å². The molecule has 0 aliphatic carbocycles. The summed E-state index contributed by atoms with van der Waals surface area (Å²) in [4.78, 5) is 0. The number of hydrogen-bond donors (Lipinski definition) is 1. The van der Waals surface area contributed by atoms with Crippen LogP contribution in [0.3, 0.4) is 0 Å². The Labute approximate surface area is 95.2 Å². The number of rotatable bonds is 1. The van der Waals surface area contributed by atoms with Crippen LogP contribution < -0.4 is 5.32 Å². The van der Waals surface area contributed by atoms with Gasteiger partial charge in [0.25, 0.3) is 0 Å². The lowest BCUT2D eigenvalue weighted by molar-refractivity contribution is 0.0769. The van der Waals surface area contributed by atoms with Crippen molar-refractivity contribution in [3.63, 3.8) is 0 Å². The van der Waals surface area contributed by atoms with Crippen LogP contribution in [0.2, 0.25) is 0 Å². The van der Waals surface area contributed by atoms with E-state index < -0.39 is 0 Å². The zero-order chi connectivity index (χ0) is 10.8. The molecule has 0 saturated carbocycles. The van der Waals surface area contributed by atoms with Crippen molar-refractivity contribution in [1.29, 1.82) is 0 Å². The van der Waals surface area contributed by atoms with Gasteiger partial charge < -0.3 is 10.1 Å². The Balaban J connectivity index is 1.97. The van der Waals surface area contributed by atoms with Gasteiger partial charge >= 0.3 is 0 Å². The van der Waals surface area contributed by atoms with Crippen molar-refractivity contribution in [2.45, 2.75) is 6.04 Å². The lowest BCUT2D eigenvalue weighted by atomic mass is 10.0. The van der Waals surface area contributed by atoms with E-state index in [1.54, 1.807) is 0 Å². The molecule has 3 rings (SSSR count). The molecule has 2 heteroatoms. The van der Waals surface area contributed by atoms with Crippen molar-refractivity contribution >= 4 is 10.8 Å². The minimum atomic E-state index is 0.346. The maximum absolute atomic E-state index is 5.49. The van der Waals surface area contributed by atoms with Crippen LogP contribution in [0.15, 0.2) is 42.5 Å². The zero-order valence-electron chi connectivity index (χ0n) is 9.15. The van der Waals surface area contributed by atoms with Crippen LogP contribution >= 0.6 is 0 Å². The standard InChI is InChI=1S/C14H15NO/c1-2-4-12-9-13(6-5-11(12)3-1)14-10-16-8-7-15-14/h1-6,9,14-15H,7-8,10H2/t14-/m1/s1.